The largest absolute Gasteiger partial charge is 0.341 e. The van der Waals surface area contributed by atoms with Crippen molar-refractivity contribution in [3.8, 4) is 0 Å². The number of halogens is 1. The van der Waals surface area contributed by atoms with Crippen LogP contribution in [0.25, 0.3) is 0 Å². The molecule has 3 amide bonds. The molecule has 4 rings (SSSR count). The van der Waals surface area contributed by atoms with Crippen LogP contribution in [0.5, 0.6) is 0 Å². The lowest BCUT2D eigenvalue weighted by atomic mass is 9.87. The van der Waals surface area contributed by atoms with E-state index in [4.69, 9.17) is 0 Å². The van der Waals surface area contributed by atoms with Crippen LogP contribution in [-0.4, -0.2) is 16.9 Å². The molecule has 0 bridgehead atoms. The van der Waals surface area contributed by atoms with Gasteiger partial charge in [-0.05, 0) is 35.4 Å². The first-order chi connectivity index (χ1) is 13.6. The number of nitrogens with one attached hydrogen (secondary N) is 2. The van der Waals surface area contributed by atoms with Gasteiger partial charge in [-0.2, -0.15) is 0 Å². The molecular formula is C22H18BrN3O2. The first-order valence-corrected chi connectivity index (χ1v) is 9.69. The molecule has 140 valence electrons. The number of hydrogen-bond acceptors (Lipinski definition) is 2. The van der Waals surface area contributed by atoms with Gasteiger partial charge in [0.15, 0.2) is 0 Å². The van der Waals surface area contributed by atoms with E-state index in [1.165, 1.54) is 5.01 Å². The summed E-state index contributed by atoms with van der Waals surface area (Å²) in [7, 11) is 0. The monoisotopic (exact) mass is 435 g/mol. The molecule has 2 atom stereocenters. The molecule has 28 heavy (non-hydrogen) atoms. The van der Waals surface area contributed by atoms with E-state index in [0.717, 1.165) is 15.6 Å². The molecule has 1 aliphatic rings. The van der Waals surface area contributed by atoms with E-state index in [0.29, 0.717) is 5.69 Å². The van der Waals surface area contributed by atoms with Gasteiger partial charge in [0.2, 0.25) is 5.91 Å². The number of hydrazine groups is 1. The Morgan fingerprint density at radius 3 is 2.04 bits per heavy atom. The molecule has 1 saturated heterocycles. The molecule has 0 spiro atoms. The van der Waals surface area contributed by atoms with Crippen molar-refractivity contribution in [1.29, 1.82) is 0 Å². The van der Waals surface area contributed by atoms with Crippen molar-refractivity contribution in [1.82, 2.24) is 10.4 Å². The van der Waals surface area contributed by atoms with Gasteiger partial charge in [-0.25, -0.2) is 9.80 Å². The van der Waals surface area contributed by atoms with Gasteiger partial charge in [0.25, 0.3) is 0 Å². The molecule has 0 saturated carbocycles. The van der Waals surface area contributed by atoms with E-state index in [2.05, 4.69) is 26.7 Å². The highest BCUT2D eigenvalue weighted by molar-refractivity contribution is 9.10. The smallest absolute Gasteiger partial charge is 0.306 e. The van der Waals surface area contributed by atoms with E-state index >= 15 is 0 Å². The highest BCUT2D eigenvalue weighted by Crippen LogP contribution is 2.39. The highest BCUT2D eigenvalue weighted by Gasteiger charge is 2.45. The van der Waals surface area contributed by atoms with Gasteiger partial charge in [-0.1, -0.05) is 76.6 Å². The predicted molar refractivity (Wildman–Crippen MR) is 112 cm³/mol. The van der Waals surface area contributed by atoms with Crippen LogP contribution in [0.4, 0.5) is 10.5 Å². The van der Waals surface area contributed by atoms with Crippen LogP contribution >= 0.6 is 15.9 Å². The second kappa shape index (κ2) is 7.86. The van der Waals surface area contributed by atoms with Crippen molar-refractivity contribution in [2.24, 2.45) is 0 Å². The Labute approximate surface area is 171 Å². The topological polar surface area (TPSA) is 61.4 Å². The summed E-state index contributed by atoms with van der Waals surface area (Å²) in [5, 5.41) is 4.24. The van der Waals surface area contributed by atoms with Gasteiger partial charge in [0, 0.05) is 10.2 Å². The summed E-state index contributed by atoms with van der Waals surface area (Å²) in [4.78, 5) is 25.8. The molecule has 0 aliphatic carbocycles. The summed E-state index contributed by atoms with van der Waals surface area (Å²) in [5.74, 6) is -0.690. The van der Waals surface area contributed by atoms with Crippen LogP contribution < -0.4 is 10.7 Å². The second-order valence-corrected chi connectivity index (χ2v) is 7.44. The molecular weight excluding hydrogens is 418 g/mol. The fourth-order valence-corrected chi connectivity index (χ4v) is 3.69. The number of rotatable bonds is 3. The number of anilines is 1. The zero-order valence-electron chi connectivity index (χ0n) is 14.9. The van der Waals surface area contributed by atoms with Crippen LogP contribution in [-0.2, 0) is 4.79 Å². The zero-order chi connectivity index (χ0) is 19.5. The molecule has 5 nitrogen and oxygen atoms in total. The van der Waals surface area contributed by atoms with Gasteiger partial charge in [0.05, 0.1) is 12.0 Å². The summed E-state index contributed by atoms with van der Waals surface area (Å²) < 4.78 is 0.922. The first-order valence-electron chi connectivity index (χ1n) is 8.89. The molecule has 6 heteroatoms. The highest BCUT2D eigenvalue weighted by atomic mass is 79.9. The number of benzene rings is 3. The second-order valence-electron chi connectivity index (χ2n) is 6.53. The van der Waals surface area contributed by atoms with Gasteiger partial charge in [0.1, 0.15) is 0 Å². The van der Waals surface area contributed by atoms with E-state index in [1.54, 1.807) is 12.1 Å². The van der Waals surface area contributed by atoms with Crippen LogP contribution in [0.3, 0.4) is 0 Å². The molecule has 1 aliphatic heterocycles. The minimum absolute atomic E-state index is 0.203. The Balaban J connectivity index is 1.68. The summed E-state index contributed by atoms with van der Waals surface area (Å²) in [5.41, 5.74) is 5.16. The Morgan fingerprint density at radius 1 is 0.857 bits per heavy atom. The van der Waals surface area contributed by atoms with Crippen molar-refractivity contribution in [3.05, 3.63) is 101 Å². The molecule has 0 unspecified atom stereocenters. The maximum Gasteiger partial charge on any atom is 0.341 e. The molecule has 3 aromatic rings. The number of nitrogens with zero attached hydrogens (tertiary/aromatic N) is 1. The Kier molecular flexibility index (Phi) is 5.12. The number of urea groups is 1. The fraction of sp³-hybridized carbons (Fsp3) is 0.0909. The third-order valence-corrected chi connectivity index (χ3v) is 5.25. The summed E-state index contributed by atoms with van der Waals surface area (Å²) in [6.07, 6.45) is 0. The molecule has 1 fully saturated rings. The Hall–Kier alpha value is -3.12. The third kappa shape index (κ3) is 3.64. The number of amides is 3. The lowest BCUT2D eigenvalue weighted by molar-refractivity contribution is -0.121. The van der Waals surface area contributed by atoms with Crippen molar-refractivity contribution in [3.63, 3.8) is 0 Å². The van der Waals surface area contributed by atoms with Crippen molar-refractivity contribution < 1.29 is 9.59 Å². The van der Waals surface area contributed by atoms with E-state index in [-0.39, 0.29) is 11.9 Å². The van der Waals surface area contributed by atoms with Gasteiger partial charge in [-0.15, -0.1) is 0 Å². The van der Waals surface area contributed by atoms with Crippen LogP contribution in [0.1, 0.15) is 23.1 Å². The molecule has 1 heterocycles. The fourth-order valence-electron chi connectivity index (χ4n) is 3.43. The first kappa shape index (κ1) is 18.3. The van der Waals surface area contributed by atoms with Gasteiger partial charge >= 0.3 is 6.03 Å². The zero-order valence-corrected chi connectivity index (χ0v) is 16.5. The van der Waals surface area contributed by atoms with Gasteiger partial charge < -0.3 is 5.32 Å². The number of hydrogen-bond donors (Lipinski definition) is 2. The van der Waals surface area contributed by atoms with E-state index in [1.807, 2.05) is 72.8 Å². The maximum atomic E-state index is 13.0. The minimum atomic E-state index is -0.487. The van der Waals surface area contributed by atoms with Crippen LogP contribution in [0, 0.1) is 0 Å². The van der Waals surface area contributed by atoms with Crippen molar-refractivity contribution >= 4 is 33.6 Å². The summed E-state index contributed by atoms with van der Waals surface area (Å²) in [6, 6.07) is 25.6. The lowest BCUT2D eigenvalue weighted by Crippen LogP contribution is -2.42. The average Bonchev–Trinajstić information content (AvgIpc) is 3.08. The molecule has 0 aromatic heterocycles. The number of carbonyl (C=O) groups is 2. The number of carbonyl (C=O) groups excluding carboxylic acids is 2. The predicted octanol–water partition coefficient (Wildman–Crippen LogP) is 4.85. The van der Waals surface area contributed by atoms with Crippen LogP contribution in [0.2, 0.25) is 0 Å². The molecule has 2 N–H and O–H groups in total. The molecule has 0 radical (unpaired) electrons. The Bertz CT molecular complexity index is 978. The van der Waals surface area contributed by atoms with Crippen molar-refractivity contribution in [2.75, 3.05) is 5.32 Å². The quantitative estimate of drug-likeness (QED) is 0.617. The maximum absolute atomic E-state index is 13.0. The Morgan fingerprint density at radius 2 is 1.43 bits per heavy atom. The lowest BCUT2D eigenvalue weighted by Gasteiger charge is -2.26. The standard InChI is InChI=1S/C22H18BrN3O2/c23-17-11-13-18(14-12-17)24-22(28)26-20(16-9-5-2-6-10-16)19(21(27)25-26)15-7-3-1-4-8-15/h1-14,19-20H,(H,24,28)(H,25,27)/t19-,20-/m0/s1. The van der Waals surface area contributed by atoms with Crippen LogP contribution in [0.15, 0.2) is 89.4 Å². The normalized spacial score (nSPS) is 18.6. The summed E-state index contributed by atoms with van der Waals surface area (Å²) in [6.45, 7) is 0. The van der Waals surface area contributed by atoms with E-state index in [9.17, 15) is 9.59 Å². The SMILES string of the molecule is O=C1NN(C(=O)Nc2ccc(Br)cc2)[C@@H](c2ccccc2)[C@@H]1c1ccccc1. The average molecular weight is 436 g/mol. The van der Waals surface area contributed by atoms with Gasteiger partial charge in [-0.3, -0.25) is 10.2 Å². The van der Waals surface area contributed by atoms with Crippen molar-refractivity contribution in [2.45, 2.75) is 12.0 Å². The third-order valence-electron chi connectivity index (χ3n) is 4.72. The summed E-state index contributed by atoms with van der Waals surface area (Å²) >= 11 is 3.38. The molecule has 3 aromatic carbocycles. The minimum Gasteiger partial charge on any atom is -0.306 e. The van der Waals surface area contributed by atoms with E-state index < -0.39 is 12.0 Å².